The van der Waals surface area contributed by atoms with Gasteiger partial charge in [-0.25, -0.2) is 37.5 Å². The maximum Gasteiger partial charge on any atom is 0.475 e. The summed E-state index contributed by atoms with van der Waals surface area (Å²) in [6.07, 6.45) is -1.53. The molecule has 1 N–H and O–H groups in total. The lowest BCUT2D eigenvalue weighted by atomic mass is 9.94. The highest BCUT2D eigenvalue weighted by molar-refractivity contribution is 7.48. The molecule has 0 saturated carbocycles. The standard InChI is InChI=1S/C19H29F2N2O4P.C15H20F2N2O.C15H18F2N2/c1-6-25-28(24,26-7-2)27-18(16-10-9-15(20)13-17(16)21)14-23(12-8-11-22)19(3,4)5;1-15(2,3)19(8-4-7-18)10-14(20)12-6-5-11(16)9-13(12)17;1-15(2,3)19-8-12(14(9-19)18-4)11-6-5-10(16)7-13(11)17/h9-10,13,18H,6-8,12,14H2,1-5H3;5-6,9,14,20H,4,8,10H2,1-3H3;5-7,12,14H,8-9H2,1-3H3/t18-;14-;12-,14?/m110/s1. The third-order valence-corrected chi connectivity index (χ3v) is 12.6. The summed E-state index contributed by atoms with van der Waals surface area (Å²) < 4.78 is 110. The van der Waals surface area contributed by atoms with E-state index in [0.29, 0.717) is 38.2 Å². The van der Waals surface area contributed by atoms with Gasteiger partial charge in [-0.15, -0.1) is 0 Å². The Kier molecular flexibility index (Phi) is 23.2. The lowest BCUT2D eigenvalue weighted by molar-refractivity contribution is 0.0351. The number of nitriles is 2. The fourth-order valence-corrected chi connectivity index (χ4v) is 8.46. The molecule has 1 fully saturated rings. The van der Waals surface area contributed by atoms with Gasteiger partial charge in [-0.2, -0.15) is 10.5 Å². The van der Waals surface area contributed by atoms with Gasteiger partial charge >= 0.3 is 7.82 Å². The number of benzene rings is 3. The summed E-state index contributed by atoms with van der Waals surface area (Å²) in [4.78, 5) is 9.62. The zero-order chi connectivity index (χ0) is 50.9. The van der Waals surface area contributed by atoms with Crippen LogP contribution in [0.15, 0.2) is 54.6 Å². The molecule has 0 radical (unpaired) electrons. The van der Waals surface area contributed by atoms with E-state index >= 15 is 0 Å². The summed E-state index contributed by atoms with van der Waals surface area (Å²) in [7, 11) is -3.96. The second kappa shape index (κ2) is 26.4. The molecule has 1 aliphatic heterocycles. The molecule has 3 aromatic carbocycles. The summed E-state index contributed by atoms with van der Waals surface area (Å²) in [5, 5.41) is 27.7. The van der Waals surface area contributed by atoms with Crippen LogP contribution in [0.3, 0.4) is 0 Å². The van der Waals surface area contributed by atoms with Crippen LogP contribution >= 0.6 is 7.82 Å². The number of hydrogen-bond acceptors (Lipinski definition) is 10. The Hall–Kier alpha value is -4.34. The number of aliphatic hydroxyl groups excluding tert-OH is 1. The van der Waals surface area contributed by atoms with E-state index in [1.165, 1.54) is 24.3 Å². The molecule has 370 valence electrons. The van der Waals surface area contributed by atoms with Crippen LogP contribution in [-0.4, -0.2) is 94.9 Å². The molecule has 18 heteroatoms. The number of rotatable bonds is 17. The molecule has 67 heavy (non-hydrogen) atoms. The highest BCUT2D eigenvalue weighted by Gasteiger charge is 2.43. The molecule has 1 aliphatic rings. The highest BCUT2D eigenvalue weighted by atomic mass is 31.2. The van der Waals surface area contributed by atoms with Crippen LogP contribution in [0.4, 0.5) is 26.3 Å². The largest absolute Gasteiger partial charge is 0.475 e. The van der Waals surface area contributed by atoms with Crippen LogP contribution in [-0.2, 0) is 18.1 Å². The topological polar surface area (TPSA) is 127 Å². The Morgan fingerprint density at radius 2 is 1.19 bits per heavy atom. The quantitative estimate of drug-likeness (QED) is 0.0794. The average Bonchev–Trinajstić information content (AvgIpc) is 3.66. The Morgan fingerprint density at radius 1 is 0.746 bits per heavy atom. The Balaban J connectivity index is 0.000000354. The number of hydrogen-bond donors (Lipinski definition) is 1. The average molecular weight is 965 g/mol. The lowest BCUT2D eigenvalue weighted by Crippen LogP contribution is -2.44. The first-order valence-corrected chi connectivity index (χ1v) is 23.6. The first kappa shape index (κ1) is 58.8. The van der Waals surface area contributed by atoms with Gasteiger partial charge in [0.25, 0.3) is 0 Å². The molecule has 0 bridgehead atoms. The zero-order valence-corrected chi connectivity index (χ0v) is 41.4. The SMILES string of the molecule is CC(C)(C)N(CCC#N)C[C@@H](O)c1ccc(F)cc1F.CCOP(=O)(OCC)O[C@H](CN(CCC#N)C(C)(C)C)c1ccc(F)cc1F.[C-]#[N+]C1CN(C(C)(C)C)C[C@H]1c1ccc(F)cc1F. The van der Waals surface area contributed by atoms with E-state index in [1.807, 2.05) is 51.3 Å². The van der Waals surface area contributed by atoms with Gasteiger partial charge in [0, 0.05) is 97.1 Å². The van der Waals surface area contributed by atoms with Crippen molar-refractivity contribution in [2.75, 3.05) is 52.5 Å². The molecule has 1 heterocycles. The van der Waals surface area contributed by atoms with Crippen molar-refractivity contribution in [2.45, 2.75) is 130 Å². The number of likely N-dealkylation sites (tertiary alicyclic amines) is 1. The van der Waals surface area contributed by atoms with Crippen molar-refractivity contribution >= 4 is 7.82 Å². The Bertz CT molecular complexity index is 2200. The molecule has 1 unspecified atom stereocenters. The Labute approximate surface area is 393 Å². The minimum atomic E-state index is -3.96. The molecular formula is C49H67F6N6O5P. The molecule has 11 nitrogen and oxygen atoms in total. The van der Waals surface area contributed by atoms with Crippen molar-refractivity contribution in [1.29, 1.82) is 10.5 Å². The summed E-state index contributed by atoms with van der Waals surface area (Å²) in [6.45, 7) is 31.1. The van der Waals surface area contributed by atoms with E-state index < -0.39 is 54.9 Å². The maximum absolute atomic E-state index is 14.5. The highest BCUT2D eigenvalue weighted by Crippen LogP contribution is 2.53. The smallest absolute Gasteiger partial charge is 0.387 e. The van der Waals surface area contributed by atoms with Gasteiger partial charge in [0.2, 0.25) is 6.04 Å². The number of nitrogens with zero attached hydrogens (tertiary/aromatic N) is 6. The van der Waals surface area contributed by atoms with Crippen molar-refractivity contribution in [3.05, 3.63) is 118 Å². The van der Waals surface area contributed by atoms with Crippen molar-refractivity contribution in [3.8, 4) is 12.1 Å². The molecular weight excluding hydrogens is 898 g/mol. The van der Waals surface area contributed by atoms with Crippen LogP contribution in [0.25, 0.3) is 4.85 Å². The monoisotopic (exact) mass is 964 g/mol. The lowest BCUT2D eigenvalue weighted by Gasteiger charge is -2.38. The van der Waals surface area contributed by atoms with E-state index in [4.69, 9.17) is 30.7 Å². The van der Waals surface area contributed by atoms with Gasteiger partial charge in [0.15, 0.2) is 0 Å². The summed E-state index contributed by atoms with van der Waals surface area (Å²) in [5.74, 6) is -4.28. The van der Waals surface area contributed by atoms with Crippen LogP contribution < -0.4 is 0 Å². The van der Waals surface area contributed by atoms with E-state index in [2.05, 4.69) is 42.7 Å². The predicted octanol–water partition coefficient (Wildman–Crippen LogP) is 11.7. The van der Waals surface area contributed by atoms with Crippen molar-refractivity contribution in [1.82, 2.24) is 14.7 Å². The van der Waals surface area contributed by atoms with Crippen molar-refractivity contribution in [2.24, 2.45) is 0 Å². The van der Waals surface area contributed by atoms with Gasteiger partial charge in [0.1, 0.15) is 41.0 Å². The van der Waals surface area contributed by atoms with Gasteiger partial charge < -0.3 is 9.95 Å². The molecule has 0 aromatic heterocycles. The molecule has 0 spiro atoms. The fraction of sp³-hybridized carbons (Fsp3) is 0.571. The number of β-amino-alcohol motifs (C(OH)–C–C–N with tert-alkyl or cyclic N) is 1. The second-order valence-electron chi connectivity index (χ2n) is 18.8. The van der Waals surface area contributed by atoms with Crippen LogP contribution in [0.5, 0.6) is 0 Å². The molecule has 3 aromatic rings. The predicted molar refractivity (Wildman–Crippen MR) is 246 cm³/mol. The van der Waals surface area contributed by atoms with Crippen molar-refractivity contribution in [3.63, 3.8) is 0 Å². The molecule has 0 amide bonds. The third kappa shape index (κ3) is 18.9. The molecule has 0 aliphatic carbocycles. The van der Waals surface area contributed by atoms with Crippen molar-refractivity contribution < 1.29 is 49.6 Å². The van der Waals surface area contributed by atoms with E-state index in [1.54, 1.807) is 13.8 Å². The first-order chi connectivity index (χ1) is 31.1. The second-order valence-corrected chi connectivity index (χ2v) is 20.4. The first-order valence-electron chi connectivity index (χ1n) is 22.1. The number of phosphoric acid groups is 1. The Morgan fingerprint density at radius 3 is 1.60 bits per heavy atom. The van der Waals surface area contributed by atoms with Crippen LogP contribution in [0, 0.1) is 64.1 Å². The van der Waals surface area contributed by atoms with Gasteiger partial charge in [-0.3, -0.25) is 28.3 Å². The molecule has 4 atom stereocenters. The molecule has 1 saturated heterocycles. The van der Waals surface area contributed by atoms with E-state index in [0.717, 1.165) is 30.3 Å². The third-order valence-electron chi connectivity index (χ3n) is 10.9. The van der Waals surface area contributed by atoms with E-state index in [9.17, 15) is 36.0 Å². The van der Waals surface area contributed by atoms with Gasteiger partial charge in [-0.1, -0.05) is 18.2 Å². The zero-order valence-electron chi connectivity index (χ0n) is 40.6. The normalized spacial score (nSPS) is 16.6. The summed E-state index contributed by atoms with van der Waals surface area (Å²) >= 11 is 0. The van der Waals surface area contributed by atoms with Crippen LogP contribution in [0.1, 0.15) is 124 Å². The minimum absolute atomic E-state index is 0.0345. The summed E-state index contributed by atoms with van der Waals surface area (Å²) in [5.41, 5.74) is -0.127. The number of aliphatic hydroxyl groups is 1. The maximum atomic E-state index is 14.5. The van der Waals surface area contributed by atoms with Crippen LogP contribution in [0.2, 0.25) is 0 Å². The van der Waals surface area contributed by atoms with E-state index in [-0.39, 0.29) is 72.4 Å². The van der Waals surface area contributed by atoms with Gasteiger partial charge in [0.05, 0.1) is 43.9 Å². The number of halogens is 6. The number of phosphoric ester groups is 1. The van der Waals surface area contributed by atoms with Gasteiger partial charge in [-0.05, 0) is 94.4 Å². The molecule has 4 rings (SSSR count). The fourth-order valence-electron chi connectivity index (χ4n) is 7.14. The summed E-state index contributed by atoms with van der Waals surface area (Å²) in [6, 6.07) is 13.7. The minimum Gasteiger partial charge on any atom is -0.387 e.